The smallest absolute Gasteiger partial charge is 0.336 e. The molecule has 0 bridgehead atoms. The minimum Gasteiger partial charge on any atom is -0.478 e. The Balaban J connectivity index is 0.00000124. The first-order valence-electron chi connectivity index (χ1n) is 10.1. The summed E-state index contributed by atoms with van der Waals surface area (Å²) in [4.78, 5) is 18.9. The van der Waals surface area contributed by atoms with Crippen molar-refractivity contribution in [2.45, 2.75) is 27.7 Å². The molecule has 0 saturated heterocycles. The standard InChI is InChI=1S/C24H20N2O2.C2H6/c1-15-5-3-7-19(16(15)2)22(23-13-25-14-26-23)12-17-9-10-20-18(11-17)6-4-8-21(20)24(27)28;1-2/h3-14H,1-2H3,(H,25,26)(H,27,28);1-2H3/b22-12-;. The molecule has 0 aliphatic rings. The van der Waals surface area contributed by atoms with Gasteiger partial charge >= 0.3 is 5.97 Å². The van der Waals surface area contributed by atoms with Gasteiger partial charge in [-0.25, -0.2) is 9.78 Å². The average Bonchev–Trinajstić information content (AvgIpc) is 3.29. The van der Waals surface area contributed by atoms with Crippen LogP contribution in [0.3, 0.4) is 0 Å². The third-order valence-electron chi connectivity index (χ3n) is 5.13. The van der Waals surface area contributed by atoms with E-state index in [1.54, 1.807) is 18.5 Å². The van der Waals surface area contributed by atoms with E-state index < -0.39 is 5.97 Å². The lowest BCUT2D eigenvalue weighted by Crippen LogP contribution is -1.97. The number of imidazole rings is 1. The zero-order chi connectivity index (χ0) is 21.7. The minimum absolute atomic E-state index is 0.316. The maximum absolute atomic E-state index is 11.5. The first-order chi connectivity index (χ1) is 14.5. The molecular weight excluding hydrogens is 372 g/mol. The van der Waals surface area contributed by atoms with Crippen molar-refractivity contribution in [3.63, 3.8) is 0 Å². The fourth-order valence-electron chi connectivity index (χ4n) is 3.49. The van der Waals surface area contributed by atoms with E-state index in [1.807, 2.05) is 44.3 Å². The van der Waals surface area contributed by atoms with Gasteiger partial charge in [0.2, 0.25) is 0 Å². The molecule has 4 aromatic rings. The molecule has 0 aliphatic heterocycles. The number of fused-ring (bicyclic) bond motifs is 1. The van der Waals surface area contributed by atoms with Gasteiger partial charge in [0.25, 0.3) is 0 Å². The van der Waals surface area contributed by atoms with Gasteiger partial charge in [-0.05, 0) is 65.1 Å². The fourth-order valence-corrected chi connectivity index (χ4v) is 3.49. The van der Waals surface area contributed by atoms with Gasteiger partial charge in [-0.3, -0.25) is 0 Å². The van der Waals surface area contributed by atoms with E-state index in [-0.39, 0.29) is 0 Å². The van der Waals surface area contributed by atoms with E-state index in [2.05, 4.69) is 48.1 Å². The molecular formula is C26H26N2O2. The summed E-state index contributed by atoms with van der Waals surface area (Å²) in [5.74, 6) is -0.914. The van der Waals surface area contributed by atoms with Crippen LogP contribution in [0.2, 0.25) is 0 Å². The number of hydrogen-bond donors (Lipinski definition) is 2. The second-order valence-corrected chi connectivity index (χ2v) is 6.86. The van der Waals surface area contributed by atoms with Crippen LogP contribution in [0.1, 0.15) is 52.2 Å². The largest absolute Gasteiger partial charge is 0.478 e. The molecule has 0 saturated carbocycles. The van der Waals surface area contributed by atoms with Crippen LogP contribution in [0.4, 0.5) is 0 Å². The normalized spacial score (nSPS) is 11.1. The summed E-state index contributed by atoms with van der Waals surface area (Å²) in [6.07, 6.45) is 5.60. The van der Waals surface area contributed by atoms with Crippen molar-refractivity contribution >= 4 is 28.4 Å². The van der Waals surface area contributed by atoms with Gasteiger partial charge in [-0.2, -0.15) is 0 Å². The summed E-state index contributed by atoms with van der Waals surface area (Å²) in [6, 6.07) is 17.5. The molecule has 4 rings (SSSR count). The molecule has 152 valence electrons. The van der Waals surface area contributed by atoms with E-state index in [0.29, 0.717) is 5.56 Å². The molecule has 0 unspecified atom stereocenters. The van der Waals surface area contributed by atoms with Gasteiger partial charge in [0.1, 0.15) is 0 Å². The molecule has 4 nitrogen and oxygen atoms in total. The van der Waals surface area contributed by atoms with Gasteiger partial charge in [0.15, 0.2) is 0 Å². The molecule has 1 heterocycles. The van der Waals surface area contributed by atoms with Crippen LogP contribution in [0.5, 0.6) is 0 Å². The predicted octanol–water partition coefficient (Wildman–Crippen LogP) is 6.49. The monoisotopic (exact) mass is 398 g/mol. The van der Waals surface area contributed by atoms with E-state index in [4.69, 9.17) is 0 Å². The lowest BCUT2D eigenvalue weighted by Gasteiger charge is -2.12. The summed E-state index contributed by atoms with van der Waals surface area (Å²) in [6.45, 7) is 8.22. The Morgan fingerprint density at radius 1 is 1.00 bits per heavy atom. The minimum atomic E-state index is -0.914. The molecule has 0 amide bonds. The van der Waals surface area contributed by atoms with Crippen LogP contribution < -0.4 is 0 Å². The van der Waals surface area contributed by atoms with Gasteiger partial charge in [0.05, 0.1) is 23.8 Å². The van der Waals surface area contributed by atoms with Gasteiger partial charge < -0.3 is 10.1 Å². The number of carboxylic acid groups (broad SMARTS) is 1. The third kappa shape index (κ3) is 4.18. The average molecular weight is 399 g/mol. The van der Waals surface area contributed by atoms with Crippen molar-refractivity contribution in [2.24, 2.45) is 0 Å². The Labute approximate surface area is 176 Å². The van der Waals surface area contributed by atoms with Gasteiger partial charge in [-0.15, -0.1) is 0 Å². The number of carbonyl (C=O) groups is 1. The lowest BCUT2D eigenvalue weighted by molar-refractivity contribution is 0.0699. The molecule has 1 aromatic heterocycles. The van der Waals surface area contributed by atoms with Crippen LogP contribution in [-0.2, 0) is 0 Å². The maximum atomic E-state index is 11.5. The first-order valence-corrected chi connectivity index (χ1v) is 10.1. The fraction of sp³-hybridized carbons (Fsp3) is 0.154. The number of rotatable bonds is 4. The molecule has 0 fully saturated rings. The van der Waals surface area contributed by atoms with E-state index in [0.717, 1.165) is 33.2 Å². The Bertz CT molecular complexity index is 1210. The highest BCUT2D eigenvalue weighted by Crippen LogP contribution is 2.30. The summed E-state index contributed by atoms with van der Waals surface area (Å²) in [7, 11) is 0. The van der Waals surface area contributed by atoms with Gasteiger partial charge in [-0.1, -0.05) is 56.3 Å². The Hall–Kier alpha value is -3.66. The van der Waals surface area contributed by atoms with E-state index in [1.165, 1.54) is 11.1 Å². The number of aryl methyl sites for hydroxylation is 1. The number of nitrogens with zero attached hydrogens (tertiary/aromatic N) is 1. The zero-order valence-corrected chi connectivity index (χ0v) is 17.7. The first kappa shape index (κ1) is 21.1. The van der Waals surface area contributed by atoms with Crippen molar-refractivity contribution in [3.05, 3.63) is 101 Å². The molecule has 2 N–H and O–H groups in total. The molecule has 0 spiro atoms. The predicted molar refractivity (Wildman–Crippen MR) is 124 cm³/mol. The zero-order valence-electron chi connectivity index (χ0n) is 17.7. The van der Waals surface area contributed by atoms with Crippen LogP contribution in [-0.4, -0.2) is 21.0 Å². The van der Waals surface area contributed by atoms with Crippen LogP contribution in [0.15, 0.2) is 67.1 Å². The highest BCUT2D eigenvalue weighted by molar-refractivity contribution is 6.04. The Kier molecular flexibility index (Phi) is 6.48. The highest BCUT2D eigenvalue weighted by atomic mass is 16.4. The number of aromatic nitrogens is 2. The van der Waals surface area contributed by atoms with Crippen molar-refractivity contribution in [3.8, 4) is 0 Å². The summed E-state index contributed by atoms with van der Waals surface area (Å²) >= 11 is 0. The SMILES string of the molecule is CC.Cc1cccc(/C(=C/c2ccc3c(C(=O)O)cccc3c2)c2cnc[nH]2)c1C. The summed E-state index contributed by atoms with van der Waals surface area (Å²) in [5.41, 5.74) is 6.89. The van der Waals surface area contributed by atoms with Crippen LogP contribution >= 0.6 is 0 Å². The second kappa shape index (κ2) is 9.23. The quantitative estimate of drug-likeness (QED) is 0.386. The number of nitrogens with one attached hydrogen (secondary N) is 1. The van der Waals surface area contributed by atoms with Crippen LogP contribution in [0.25, 0.3) is 22.4 Å². The molecule has 0 atom stereocenters. The Morgan fingerprint density at radius 2 is 1.73 bits per heavy atom. The molecule has 0 radical (unpaired) electrons. The number of hydrogen-bond acceptors (Lipinski definition) is 2. The molecule has 4 heteroatoms. The maximum Gasteiger partial charge on any atom is 0.336 e. The number of H-pyrrole nitrogens is 1. The van der Waals surface area contributed by atoms with Crippen molar-refractivity contribution < 1.29 is 9.90 Å². The van der Waals surface area contributed by atoms with Gasteiger partial charge in [0, 0.05) is 5.57 Å². The topological polar surface area (TPSA) is 66.0 Å². The highest BCUT2D eigenvalue weighted by Gasteiger charge is 2.12. The second-order valence-electron chi connectivity index (χ2n) is 6.86. The molecule has 30 heavy (non-hydrogen) atoms. The molecule has 3 aromatic carbocycles. The third-order valence-corrected chi connectivity index (χ3v) is 5.13. The Morgan fingerprint density at radius 3 is 2.43 bits per heavy atom. The lowest BCUT2D eigenvalue weighted by atomic mass is 9.93. The number of carboxylic acids is 1. The van der Waals surface area contributed by atoms with Crippen molar-refractivity contribution in [1.29, 1.82) is 0 Å². The number of benzene rings is 3. The van der Waals surface area contributed by atoms with Crippen molar-refractivity contribution in [2.75, 3.05) is 0 Å². The van der Waals surface area contributed by atoms with E-state index >= 15 is 0 Å². The van der Waals surface area contributed by atoms with E-state index in [9.17, 15) is 9.90 Å². The molecule has 0 aliphatic carbocycles. The summed E-state index contributed by atoms with van der Waals surface area (Å²) in [5, 5.41) is 11.0. The number of aromatic carboxylic acids is 1. The number of aromatic amines is 1. The van der Waals surface area contributed by atoms with Crippen LogP contribution in [0, 0.1) is 13.8 Å². The summed E-state index contributed by atoms with van der Waals surface area (Å²) < 4.78 is 0. The van der Waals surface area contributed by atoms with Crippen molar-refractivity contribution in [1.82, 2.24) is 9.97 Å².